The van der Waals surface area contributed by atoms with Gasteiger partial charge in [0, 0.05) is 11.1 Å². The highest BCUT2D eigenvalue weighted by molar-refractivity contribution is 6.07. The Balaban J connectivity index is 1.91. The molecule has 0 amide bonds. The maximum absolute atomic E-state index is 13.3. The molecule has 0 N–H and O–H groups in total. The van der Waals surface area contributed by atoms with E-state index >= 15 is 0 Å². The molecular weight excluding hydrogens is 396 g/mol. The molecule has 5 rings (SSSR count). The standard InChI is InChI=1S/C28H22N2O2/c1-17-7-9-19(10-8-17)23(18-5-3-2-4-6-18)25-26(24(20-11-12-20)21-13-14-21)28(31)32-27(25)22(15-29)16-30/h2-10,20-21H,11-14H2,1H3/b25-23+. The first-order chi connectivity index (χ1) is 15.6. The minimum Gasteiger partial charge on any atom is -0.420 e. The fraction of sp³-hybridized carbons (Fsp3) is 0.250. The predicted octanol–water partition coefficient (Wildman–Crippen LogP) is 5.77. The Morgan fingerprint density at radius 1 is 0.844 bits per heavy atom. The highest BCUT2D eigenvalue weighted by Crippen LogP contribution is 2.54. The van der Waals surface area contributed by atoms with Crippen molar-refractivity contribution in [2.24, 2.45) is 11.8 Å². The van der Waals surface area contributed by atoms with Crippen molar-refractivity contribution in [3.63, 3.8) is 0 Å². The molecule has 3 aliphatic rings. The molecule has 2 aromatic rings. The lowest BCUT2D eigenvalue weighted by Crippen LogP contribution is -2.06. The zero-order valence-corrected chi connectivity index (χ0v) is 17.9. The summed E-state index contributed by atoms with van der Waals surface area (Å²) >= 11 is 0. The first-order valence-corrected chi connectivity index (χ1v) is 11.0. The number of aryl methyl sites for hydroxylation is 1. The van der Waals surface area contributed by atoms with Gasteiger partial charge in [-0.1, -0.05) is 60.2 Å². The SMILES string of the molecule is Cc1ccc(/C(=C2/C(=C(C#N)C#N)OC(=O)C2=C(C2CC2)C2CC2)c2ccccc2)cc1. The van der Waals surface area contributed by atoms with Gasteiger partial charge in [0.2, 0.25) is 0 Å². The Morgan fingerprint density at radius 2 is 1.41 bits per heavy atom. The van der Waals surface area contributed by atoms with E-state index in [0.29, 0.717) is 23.0 Å². The number of cyclic esters (lactones) is 1. The van der Waals surface area contributed by atoms with E-state index in [4.69, 9.17) is 4.74 Å². The topological polar surface area (TPSA) is 73.9 Å². The minimum absolute atomic E-state index is 0.0910. The maximum atomic E-state index is 13.3. The molecule has 0 aromatic heterocycles. The molecule has 2 aromatic carbocycles. The van der Waals surface area contributed by atoms with Crippen LogP contribution in [0.25, 0.3) is 5.57 Å². The molecule has 156 valence electrons. The quantitative estimate of drug-likeness (QED) is 0.359. The van der Waals surface area contributed by atoms with Crippen LogP contribution < -0.4 is 0 Å². The van der Waals surface area contributed by atoms with Crippen molar-refractivity contribution in [2.45, 2.75) is 32.6 Å². The molecule has 2 aliphatic carbocycles. The third kappa shape index (κ3) is 3.55. The number of nitriles is 2. The highest BCUT2D eigenvalue weighted by atomic mass is 16.5. The van der Waals surface area contributed by atoms with Crippen molar-refractivity contribution < 1.29 is 9.53 Å². The van der Waals surface area contributed by atoms with E-state index in [1.165, 1.54) is 0 Å². The van der Waals surface area contributed by atoms with Crippen LogP contribution in [0.2, 0.25) is 0 Å². The van der Waals surface area contributed by atoms with Gasteiger partial charge in [-0.05, 0) is 61.1 Å². The van der Waals surface area contributed by atoms with Crippen molar-refractivity contribution in [3.8, 4) is 12.1 Å². The van der Waals surface area contributed by atoms with Crippen LogP contribution in [0.1, 0.15) is 42.4 Å². The molecule has 4 nitrogen and oxygen atoms in total. The summed E-state index contributed by atoms with van der Waals surface area (Å²) in [5, 5.41) is 19.3. The lowest BCUT2D eigenvalue weighted by molar-refractivity contribution is -0.132. The van der Waals surface area contributed by atoms with E-state index in [1.807, 2.05) is 73.7 Å². The Labute approximate surface area is 187 Å². The largest absolute Gasteiger partial charge is 0.420 e. The molecule has 2 saturated carbocycles. The monoisotopic (exact) mass is 418 g/mol. The van der Waals surface area contributed by atoms with Crippen molar-refractivity contribution in [2.75, 3.05) is 0 Å². The Morgan fingerprint density at radius 3 is 1.94 bits per heavy atom. The second-order valence-corrected chi connectivity index (χ2v) is 8.68. The summed E-state index contributed by atoms with van der Waals surface area (Å²) in [6.07, 6.45) is 4.29. The highest BCUT2D eigenvalue weighted by Gasteiger charge is 2.46. The van der Waals surface area contributed by atoms with Gasteiger partial charge in [0.1, 0.15) is 12.1 Å². The van der Waals surface area contributed by atoms with Gasteiger partial charge in [-0.25, -0.2) is 4.79 Å². The summed E-state index contributed by atoms with van der Waals surface area (Å²) in [5.41, 5.74) is 5.95. The van der Waals surface area contributed by atoms with Gasteiger partial charge in [0.05, 0.1) is 5.57 Å². The van der Waals surface area contributed by atoms with Crippen molar-refractivity contribution in [1.29, 1.82) is 10.5 Å². The van der Waals surface area contributed by atoms with Gasteiger partial charge in [0.15, 0.2) is 11.3 Å². The summed E-state index contributed by atoms with van der Waals surface area (Å²) in [5.74, 6) is 0.435. The molecule has 0 spiro atoms. The van der Waals surface area contributed by atoms with E-state index in [0.717, 1.165) is 53.5 Å². The van der Waals surface area contributed by atoms with Crippen LogP contribution in [0, 0.1) is 41.4 Å². The third-order valence-electron chi connectivity index (χ3n) is 6.30. The molecule has 0 bridgehead atoms. The molecule has 0 radical (unpaired) electrons. The summed E-state index contributed by atoms with van der Waals surface area (Å²) in [6.45, 7) is 2.03. The lowest BCUT2D eigenvalue weighted by atomic mass is 9.85. The summed E-state index contributed by atoms with van der Waals surface area (Å²) < 4.78 is 5.69. The van der Waals surface area contributed by atoms with Crippen LogP contribution in [0.15, 0.2) is 82.6 Å². The molecule has 3 fully saturated rings. The van der Waals surface area contributed by atoms with Gasteiger partial charge in [-0.2, -0.15) is 10.5 Å². The van der Waals surface area contributed by atoms with Crippen molar-refractivity contribution in [1.82, 2.24) is 0 Å². The van der Waals surface area contributed by atoms with Crippen LogP contribution >= 0.6 is 0 Å². The number of hydrogen-bond donors (Lipinski definition) is 0. The first kappa shape index (κ1) is 20.0. The van der Waals surface area contributed by atoms with E-state index in [2.05, 4.69) is 0 Å². The molecular formula is C28H22N2O2. The zero-order chi connectivity index (χ0) is 22.2. The molecule has 0 atom stereocenters. The van der Waals surface area contributed by atoms with Gasteiger partial charge in [0.25, 0.3) is 0 Å². The number of benzene rings is 2. The van der Waals surface area contributed by atoms with E-state index in [1.54, 1.807) is 0 Å². The molecule has 4 heteroatoms. The van der Waals surface area contributed by atoms with Crippen molar-refractivity contribution >= 4 is 11.5 Å². The number of carbonyl (C=O) groups is 1. The minimum atomic E-state index is -0.438. The molecule has 1 aliphatic heterocycles. The smallest absolute Gasteiger partial charge is 0.344 e. The fourth-order valence-corrected chi connectivity index (χ4v) is 4.52. The number of carbonyl (C=O) groups excluding carboxylic acids is 1. The first-order valence-electron chi connectivity index (χ1n) is 11.0. The molecule has 0 unspecified atom stereocenters. The van der Waals surface area contributed by atoms with Crippen LogP contribution in [0.4, 0.5) is 0 Å². The zero-order valence-electron chi connectivity index (χ0n) is 17.9. The Bertz CT molecular complexity index is 1240. The summed E-state index contributed by atoms with van der Waals surface area (Å²) in [7, 11) is 0. The van der Waals surface area contributed by atoms with Crippen LogP contribution in [-0.2, 0) is 9.53 Å². The number of ether oxygens (including phenoxy) is 1. The number of hydrogen-bond acceptors (Lipinski definition) is 4. The summed E-state index contributed by atoms with van der Waals surface area (Å²) in [6, 6.07) is 21.8. The number of rotatable bonds is 4. The third-order valence-corrected chi connectivity index (χ3v) is 6.30. The normalized spacial score (nSPS) is 19.2. The lowest BCUT2D eigenvalue weighted by Gasteiger charge is -2.16. The van der Waals surface area contributed by atoms with Crippen LogP contribution in [-0.4, -0.2) is 5.97 Å². The Hall–Kier alpha value is -3.89. The van der Waals surface area contributed by atoms with Gasteiger partial charge < -0.3 is 4.74 Å². The van der Waals surface area contributed by atoms with E-state index in [-0.39, 0.29) is 11.3 Å². The van der Waals surface area contributed by atoms with Gasteiger partial charge in [-0.15, -0.1) is 0 Å². The van der Waals surface area contributed by atoms with Crippen LogP contribution in [0.3, 0.4) is 0 Å². The average Bonchev–Trinajstić information content (AvgIpc) is 3.73. The second kappa shape index (κ2) is 7.98. The van der Waals surface area contributed by atoms with E-state index < -0.39 is 5.97 Å². The number of allylic oxidation sites excluding steroid dienone is 3. The second-order valence-electron chi connectivity index (χ2n) is 8.68. The van der Waals surface area contributed by atoms with Gasteiger partial charge in [-0.3, -0.25) is 0 Å². The Kier molecular flexibility index (Phi) is 5.00. The molecule has 32 heavy (non-hydrogen) atoms. The number of esters is 1. The van der Waals surface area contributed by atoms with E-state index in [9.17, 15) is 15.3 Å². The molecule has 1 saturated heterocycles. The summed E-state index contributed by atoms with van der Waals surface area (Å²) in [4.78, 5) is 13.3. The van der Waals surface area contributed by atoms with Gasteiger partial charge >= 0.3 is 5.97 Å². The molecule has 1 heterocycles. The fourth-order valence-electron chi connectivity index (χ4n) is 4.52. The van der Waals surface area contributed by atoms with Crippen molar-refractivity contribution in [3.05, 3.63) is 99.3 Å². The maximum Gasteiger partial charge on any atom is 0.344 e. The predicted molar refractivity (Wildman–Crippen MR) is 120 cm³/mol. The van der Waals surface area contributed by atoms with Crippen LogP contribution in [0.5, 0.6) is 0 Å². The average molecular weight is 418 g/mol. The number of nitrogens with zero attached hydrogens (tertiary/aromatic N) is 2.